The van der Waals surface area contributed by atoms with Crippen molar-refractivity contribution in [3.05, 3.63) is 52.5 Å². The van der Waals surface area contributed by atoms with E-state index in [1.165, 1.54) is 7.11 Å². The molecule has 2 rings (SSSR count). The zero-order valence-corrected chi connectivity index (χ0v) is 19.0. The summed E-state index contributed by atoms with van der Waals surface area (Å²) in [6.45, 7) is 8.59. The number of furan rings is 1. The number of aliphatic imine (C=N–C) groups is 1. The molecule has 0 aliphatic rings. The van der Waals surface area contributed by atoms with E-state index in [2.05, 4.69) is 15.6 Å². The van der Waals surface area contributed by atoms with Crippen LogP contribution in [0.3, 0.4) is 0 Å². The van der Waals surface area contributed by atoms with Gasteiger partial charge in [0.1, 0.15) is 22.8 Å². The summed E-state index contributed by atoms with van der Waals surface area (Å²) in [5.41, 5.74) is 2.56. The molecular weight excluding hydrogens is 398 g/mol. The second-order valence-electron chi connectivity index (χ2n) is 7.03. The van der Waals surface area contributed by atoms with Crippen LogP contribution in [0, 0.1) is 13.8 Å². The molecule has 8 nitrogen and oxygen atoms in total. The second-order valence-corrected chi connectivity index (χ2v) is 7.03. The van der Waals surface area contributed by atoms with Gasteiger partial charge in [-0.3, -0.25) is 0 Å². The monoisotopic (exact) mass is 431 g/mol. The predicted molar refractivity (Wildman–Crippen MR) is 120 cm³/mol. The van der Waals surface area contributed by atoms with E-state index in [4.69, 9.17) is 18.6 Å². The van der Waals surface area contributed by atoms with Gasteiger partial charge in [-0.25, -0.2) is 9.79 Å². The molecular formula is C23H33N3O5. The minimum atomic E-state index is -0.412. The molecule has 0 spiro atoms. The largest absolute Gasteiger partial charge is 0.493 e. The summed E-state index contributed by atoms with van der Waals surface area (Å²) in [6.07, 6.45) is 0.827. The van der Waals surface area contributed by atoms with Gasteiger partial charge in [0.05, 0.1) is 26.8 Å². The van der Waals surface area contributed by atoms with Crippen LogP contribution < -0.4 is 15.4 Å². The number of aryl methyl sites for hydroxylation is 2. The van der Waals surface area contributed by atoms with Gasteiger partial charge in [0.2, 0.25) is 0 Å². The van der Waals surface area contributed by atoms with Crippen LogP contribution in [0.2, 0.25) is 0 Å². The Morgan fingerprint density at radius 3 is 2.65 bits per heavy atom. The number of rotatable bonds is 11. The summed E-state index contributed by atoms with van der Waals surface area (Å²) in [7, 11) is 3.03. The summed E-state index contributed by atoms with van der Waals surface area (Å²) in [5, 5.41) is 6.45. The molecule has 0 saturated carbocycles. The fraction of sp³-hybridized carbons (Fsp3) is 0.478. The number of benzene rings is 1. The SMILES string of the molecule is CCNC(=NCc1ccc(C)cc1OCCCOC)NCc1cc(C(=O)OC)c(C)o1. The topological polar surface area (TPSA) is 94.3 Å². The Morgan fingerprint density at radius 1 is 1.13 bits per heavy atom. The number of hydrogen-bond donors (Lipinski definition) is 2. The Kier molecular flexibility index (Phi) is 9.90. The number of nitrogens with one attached hydrogen (secondary N) is 2. The van der Waals surface area contributed by atoms with Gasteiger partial charge in [-0.2, -0.15) is 0 Å². The zero-order valence-electron chi connectivity index (χ0n) is 19.0. The molecule has 31 heavy (non-hydrogen) atoms. The Morgan fingerprint density at radius 2 is 1.94 bits per heavy atom. The Balaban J connectivity index is 2.05. The molecule has 0 fully saturated rings. The highest BCUT2D eigenvalue weighted by Crippen LogP contribution is 2.21. The zero-order chi connectivity index (χ0) is 22.6. The third-order valence-electron chi connectivity index (χ3n) is 4.53. The van der Waals surface area contributed by atoms with E-state index >= 15 is 0 Å². The fourth-order valence-electron chi connectivity index (χ4n) is 2.93. The van der Waals surface area contributed by atoms with Crippen LogP contribution in [-0.2, 0) is 22.6 Å². The van der Waals surface area contributed by atoms with E-state index < -0.39 is 5.97 Å². The number of hydrogen-bond acceptors (Lipinski definition) is 6. The number of guanidine groups is 1. The number of esters is 1. The molecule has 170 valence electrons. The van der Waals surface area contributed by atoms with Crippen molar-refractivity contribution in [2.75, 3.05) is 34.0 Å². The lowest BCUT2D eigenvalue weighted by atomic mass is 10.1. The maximum absolute atomic E-state index is 11.8. The molecule has 1 aromatic carbocycles. The molecule has 0 atom stereocenters. The molecule has 0 aliphatic heterocycles. The maximum Gasteiger partial charge on any atom is 0.341 e. The van der Waals surface area contributed by atoms with Crippen molar-refractivity contribution in [3.8, 4) is 5.75 Å². The van der Waals surface area contributed by atoms with Crippen LogP contribution in [0.5, 0.6) is 5.75 Å². The molecule has 1 heterocycles. The van der Waals surface area contributed by atoms with Crippen LogP contribution in [0.4, 0.5) is 0 Å². The van der Waals surface area contributed by atoms with Gasteiger partial charge in [0, 0.05) is 32.2 Å². The number of methoxy groups -OCH3 is 2. The van der Waals surface area contributed by atoms with Crippen molar-refractivity contribution in [2.45, 2.75) is 40.3 Å². The first-order valence-corrected chi connectivity index (χ1v) is 10.4. The quantitative estimate of drug-likeness (QED) is 0.244. The van der Waals surface area contributed by atoms with Gasteiger partial charge in [0.25, 0.3) is 0 Å². The first-order valence-electron chi connectivity index (χ1n) is 10.4. The van der Waals surface area contributed by atoms with E-state index in [1.54, 1.807) is 20.1 Å². The lowest BCUT2D eigenvalue weighted by Crippen LogP contribution is -2.36. The molecule has 1 aromatic heterocycles. The maximum atomic E-state index is 11.8. The van der Waals surface area contributed by atoms with Crippen molar-refractivity contribution in [3.63, 3.8) is 0 Å². The average molecular weight is 432 g/mol. The first kappa shape index (κ1) is 24.3. The third-order valence-corrected chi connectivity index (χ3v) is 4.53. The van der Waals surface area contributed by atoms with Crippen molar-refractivity contribution in [1.29, 1.82) is 0 Å². The van der Waals surface area contributed by atoms with Crippen LogP contribution in [0.15, 0.2) is 33.7 Å². The Bertz CT molecular complexity index is 876. The van der Waals surface area contributed by atoms with Gasteiger partial charge >= 0.3 is 5.97 Å². The minimum Gasteiger partial charge on any atom is -0.493 e. The van der Waals surface area contributed by atoms with E-state index in [0.29, 0.717) is 55.9 Å². The summed E-state index contributed by atoms with van der Waals surface area (Å²) < 4.78 is 21.4. The van der Waals surface area contributed by atoms with Gasteiger partial charge in [-0.15, -0.1) is 0 Å². The van der Waals surface area contributed by atoms with E-state index in [9.17, 15) is 4.79 Å². The second kappa shape index (κ2) is 12.6. The summed E-state index contributed by atoms with van der Waals surface area (Å²) >= 11 is 0. The molecule has 0 aliphatic carbocycles. The fourth-order valence-corrected chi connectivity index (χ4v) is 2.93. The highest BCUT2D eigenvalue weighted by molar-refractivity contribution is 5.90. The van der Waals surface area contributed by atoms with Gasteiger partial charge in [-0.05, 0) is 38.5 Å². The summed E-state index contributed by atoms with van der Waals surface area (Å²) in [4.78, 5) is 16.4. The molecule has 8 heteroatoms. The smallest absolute Gasteiger partial charge is 0.341 e. The molecule has 2 aromatic rings. The van der Waals surface area contributed by atoms with Gasteiger partial charge < -0.3 is 29.3 Å². The van der Waals surface area contributed by atoms with Crippen LogP contribution in [-0.4, -0.2) is 45.9 Å². The van der Waals surface area contributed by atoms with Crippen LogP contribution in [0.1, 0.15) is 46.3 Å². The summed E-state index contributed by atoms with van der Waals surface area (Å²) in [6, 6.07) is 7.79. The number of ether oxygens (including phenoxy) is 3. The standard InChI is InChI=1S/C23H33N3O5/c1-6-24-23(26-15-19-13-20(17(3)31-19)22(27)29-5)25-14-18-9-8-16(2)12-21(18)30-11-7-10-28-4/h8-9,12-13H,6-7,10-11,14-15H2,1-5H3,(H2,24,25,26). The Labute approximate surface area is 184 Å². The van der Waals surface area contributed by atoms with Crippen molar-refractivity contribution in [2.24, 2.45) is 4.99 Å². The third kappa shape index (κ3) is 7.64. The van der Waals surface area contributed by atoms with Gasteiger partial charge in [0.15, 0.2) is 5.96 Å². The van der Waals surface area contributed by atoms with E-state index in [1.807, 2.05) is 32.0 Å². The highest BCUT2D eigenvalue weighted by atomic mass is 16.5. The highest BCUT2D eigenvalue weighted by Gasteiger charge is 2.15. The molecule has 0 saturated heterocycles. The number of carbonyl (C=O) groups excluding carboxylic acids is 1. The molecule has 2 N–H and O–H groups in total. The summed E-state index contributed by atoms with van der Waals surface area (Å²) in [5.74, 6) is 2.22. The van der Waals surface area contributed by atoms with Crippen LogP contribution >= 0.6 is 0 Å². The predicted octanol–water partition coefficient (Wildman–Crippen LogP) is 3.35. The van der Waals surface area contributed by atoms with Crippen molar-refractivity contribution >= 4 is 11.9 Å². The molecule has 0 amide bonds. The van der Waals surface area contributed by atoms with Crippen LogP contribution in [0.25, 0.3) is 0 Å². The lowest BCUT2D eigenvalue weighted by Gasteiger charge is -2.13. The Hall–Kier alpha value is -3.00. The number of carbonyl (C=O) groups is 1. The van der Waals surface area contributed by atoms with E-state index in [-0.39, 0.29) is 0 Å². The minimum absolute atomic E-state index is 0.387. The average Bonchev–Trinajstić information content (AvgIpc) is 3.14. The molecule has 0 bridgehead atoms. The lowest BCUT2D eigenvalue weighted by molar-refractivity contribution is 0.0599. The van der Waals surface area contributed by atoms with E-state index in [0.717, 1.165) is 23.3 Å². The molecule has 0 unspecified atom stereocenters. The number of nitrogens with zero attached hydrogens (tertiary/aromatic N) is 1. The first-order chi connectivity index (χ1) is 15.0. The van der Waals surface area contributed by atoms with Crippen molar-refractivity contribution in [1.82, 2.24) is 10.6 Å². The van der Waals surface area contributed by atoms with Gasteiger partial charge in [-0.1, -0.05) is 12.1 Å². The molecule has 0 radical (unpaired) electrons. The van der Waals surface area contributed by atoms with Crippen molar-refractivity contribution < 1.29 is 23.4 Å². The normalized spacial score (nSPS) is 11.3.